The molecule has 0 unspecified atom stereocenters. The Morgan fingerprint density at radius 1 is 1.42 bits per heavy atom. The zero-order valence-corrected chi connectivity index (χ0v) is 14.8. The minimum absolute atomic E-state index is 0.0176. The number of halogens is 1. The maximum absolute atomic E-state index is 12.3. The largest absolute Gasteiger partial charge is 0.369 e. The number of hydrogen-bond acceptors (Lipinski definition) is 4. The SMILES string of the molecule is CN(C(=O)Nc1ccn(-c2ccc(Cl)cc2C#N)n1)C1CC(C(N)=O)C1. The fourth-order valence-corrected chi connectivity index (χ4v) is 2.99. The first-order valence-corrected chi connectivity index (χ1v) is 8.35. The quantitative estimate of drug-likeness (QED) is 0.854. The molecule has 8 nitrogen and oxygen atoms in total. The summed E-state index contributed by atoms with van der Waals surface area (Å²) in [7, 11) is 1.67. The van der Waals surface area contributed by atoms with Crippen LogP contribution in [0, 0.1) is 17.2 Å². The van der Waals surface area contributed by atoms with Crippen LogP contribution in [0.4, 0.5) is 10.6 Å². The van der Waals surface area contributed by atoms with Gasteiger partial charge in [-0.05, 0) is 31.0 Å². The highest BCUT2D eigenvalue weighted by Crippen LogP contribution is 2.31. The van der Waals surface area contributed by atoms with E-state index in [0.29, 0.717) is 34.9 Å². The third kappa shape index (κ3) is 3.48. The van der Waals surface area contributed by atoms with E-state index in [0.717, 1.165) is 0 Å². The van der Waals surface area contributed by atoms with Crippen LogP contribution in [0.3, 0.4) is 0 Å². The van der Waals surface area contributed by atoms with Crippen molar-refractivity contribution in [1.29, 1.82) is 5.26 Å². The van der Waals surface area contributed by atoms with Gasteiger partial charge in [-0.25, -0.2) is 9.48 Å². The highest BCUT2D eigenvalue weighted by Gasteiger charge is 2.37. The lowest BCUT2D eigenvalue weighted by Gasteiger charge is -2.39. The summed E-state index contributed by atoms with van der Waals surface area (Å²) >= 11 is 5.90. The van der Waals surface area contributed by atoms with Gasteiger partial charge in [0.2, 0.25) is 5.91 Å². The second-order valence-corrected chi connectivity index (χ2v) is 6.62. The van der Waals surface area contributed by atoms with E-state index in [4.69, 9.17) is 17.3 Å². The second kappa shape index (κ2) is 7.06. The highest BCUT2D eigenvalue weighted by molar-refractivity contribution is 6.30. The first-order chi connectivity index (χ1) is 12.4. The van der Waals surface area contributed by atoms with Crippen molar-refractivity contribution in [2.75, 3.05) is 12.4 Å². The van der Waals surface area contributed by atoms with E-state index in [2.05, 4.69) is 16.5 Å². The number of nitrogens with one attached hydrogen (secondary N) is 1. The van der Waals surface area contributed by atoms with Crippen LogP contribution in [0.2, 0.25) is 5.02 Å². The van der Waals surface area contributed by atoms with E-state index in [1.54, 1.807) is 42.4 Å². The molecule has 1 heterocycles. The normalized spacial score (nSPS) is 18.5. The lowest BCUT2D eigenvalue weighted by molar-refractivity contribution is -0.125. The lowest BCUT2D eigenvalue weighted by atomic mass is 9.79. The molecule has 3 N–H and O–H groups in total. The molecule has 3 amide bonds. The van der Waals surface area contributed by atoms with Gasteiger partial charge in [0.05, 0.1) is 11.3 Å². The number of amides is 3. The number of aromatic nitrogens is 2. The molecule has 0 saturated heterocycles. The van der Waals surface area contributed by atoms with E-state index in [1.165, 1.54) is 4.68 Å². The number of urea groups is 1. The fraction of sp³-hybridized carbons (Fsp3) is 0.294. The monoisotopic (exact) mass is 372 g/mol. The molecule has 0 aliphatic heterocycles. The Morgan fingerprint density at radius 3 is 2.81 bits per heavy atom. The number of primary amides is 1. The van der Waals surface area contributed by atoms with Gasteiger partial charge in [0.25, 0.3) is 0 Å². The lowest BCUT2D eigenvalue weighted by Crippen LogP contribution is -2.50. The van der Waals surface area contributed by atoms with Crippen molar-refractivity contribution in [3.05, 3.63) is 41.0 Å². The molecular weight excluding hydrogens is 356 g/mol. The Labute approximate surface area is 155 Å². The Balaban J connectivity index is 1.67. The molecule has 1 aromatic carbocycles. The molecule has 0 radical (unpaired) electrons. The number of nitrogens with zero attached hydrogens (tertiary/aromatic N) is 4. The van der Waals surface area contributed by atoms with Gasteiger partial charge in [-0.2, -0.15) is 5.26 Å². The molecular formula is C17H17ClN6O2. The van der Waals surface area contributed by atoms with Gasteiger partial charge in [0, 0.05) is 36.3 Å². The van der Waals surface area contributed by atoms with E-state index in [1.807, 2.05) is 0 Å². The maximum Gasteiger partial charge on any atom is 0.323 e. The van der Waals surface area contributed by atoms with Crippen molar-refractivity contribution in [2.24, 2.45) is 11.7 Å². The van der Waals surface area contributed by atoms with Crippen LogP contribution in [0.15, 0.2) is 30.5 Å². The third-order valence-electron chi connectivity index (χ3n) is 4.53. The smallest absolute Gasteiger partial charge is 0.323 e. The number of nitrogens with two attached hydrogens (primary N) is 1. The van der Waals surface area contributed by atoms with Crippen molar-refractivity contribution in [3.63, 3.8) is 0 Å². The van der Waals surface area contributed by atoms with Crippen molar-refractivity contribution < 1.29 is 9.59 Å². The average molecular weight is 373 g/mol. The van der Waals surface area contributed by atoms with E-state index < -0.39 is 0 Å². The van der Waals surface area contributed by atoms with Gasteiger partial charge in [0.15, 0.2) is 5.82 Å². The van der Waals surface area contributed by atoms with Crippen molar-refractivity contribution in [1.82, 2.24) is 14.7 Å². The summed E-state index contributed by atoms with van der Waals surface area (Å²) in [5, 5.41) is 16.7. The number of carbonyl (C=O) groups is 2. The van der Waals surface area contributed by atoms with Gasteiger partial charge >= 0.3 is 6.03 Å². The van der Waals surface area contributed by atoms with Crippen LogP contribution >= 0.6 is 11.6 Å². The average Bonchev–Trinajstić information content (AvgIpc) is 3.00. The maximum atomic E-state index is 12.3. The molecule has 0 bridgehead atoms. The van der Waals surface area contributed by atoms with Crippen LogP contribution in [0.25, 0.3) is 5.69 Å². The number of rotatable bonds is 4. The number of anilines is 1. The fourth-order valence-electron chi connectivity index (χ4n) is 2.82. The molecule has 9 heteroatoms. The number of carbonyl (C=O) groups excluding carboxylic acids is 2. The molecule has 1 aliphatic rings. The van der Waals surface area contributed by atoms with Gasteiger partial charge in [-0.15, -0.1) is 5.10 Å². The Hall–Kier alpha value is -3.05. The first kappa shape index (κ1) is 17.8. The minimum atomic E-state index is -0.329. The summed E-state index contributed by atoms with van der Waals surface area (Å²) < 4.78 is 1.50. The summed E-state index contributed by atoms with van der Waals surface area (Å²) in [4.78, 5) is 24.9. The minimum Gasteiger partial charge on any atom is -0.369 e. The number of hydrogen-bond donors (Lipinski definition) is 2. The number of nitriles is 1. The summed E-state index contributed by atoms with van der Waals surface area (Å²) in [6.07, 6.45) is 2.79. The second-order valence-electron chi connectivity index (χ2n) is 6.18. The van der Waals surface area contributed by atoms with Crippen LogP contribution in [0.5, 0.6) is 0 Å². The van der Waals surface area contributed by atoms with Crippen LogP contribution in [-0.4, -0.2) is 39.7 Å². The molecule has 2 aromatic rings. The van der Waals surface area contributed by atoms with Gasteiger partial charge in [-0.3, -0.25) is 10.1 Å². The molecule has 26 heavy (non-hydrogen) atoms. The molecule has 134 valence electrons. The highest BCUT2D eigenvalue weighted by atomic mass is 35.5. The van der Waals surface area contributed by atoms with Gasteiger partial charge in [-0.1, -0.05) is 11.6 Å². The van der Waals surface area contributed by atoms with Crippen LogP contribution < -0.4 is 11.1 Å². The molecule has 1 saturated carbocycles. The molecule has 3 rings (SSSR count). The summed E-state index contributed by atoms with van der Waals surface area (Å²) in [6, 6.07) is 8.26. The molecule has 0 spiro atoms. The number of benzene rings is 1. The molecule has 1 fully saturated rings. The molecule has 1 aliphatic carbocycles. The summed E-state index contributed by atoms with van der Waals surface area (Å²) in [6.45, 7) is 0. The summed E-state index contributed by atoms with van der Waals surface area (Å²) in [5.41, 5.74) is 6.19. The first-order valence-electron chi connectivity index (χ1n) is 7.98. The van der Waals surface area contributed by atoms with Crippen molar-refractivity contribution in [2.45, 2.75) is 18.9 Å². The Morgan fingerprint density at radius 2 is 2.15 bits per heavy atom. The van der Waals surface area contributed by atoms with Crippen LogP contribution in [-0.2, 0) is 4.79 Å². The van der Waals surface area contributed by atoms with Crippen molar-refractivity contribution in [3.8, 4) is 11.8 Å². The molecule has 1 aromatic heterocycles. The third-order valence-corrected chi connectivity index (χ3v) is 4.77. The zero-order valence-electron chi connectivity index (χ0n) is 14.0. The zero-order chi connectivity index (χ0) is 18.8. The van der Waals surface area contributed by atoms with E-state index >= 15 is 0 Å². The van der Waals surface area contributed by atoms with E-state index in [9.17, 15) is 14.9 Å². The predicted octanol–water partition coefficient (Wildman–Crippen LogP) is 2.12. The summed E-state index contributed by atoms with van der Waals surface area (Å²) in [5.74, 6) is -0.139. The van der Waals surface area contributed by atoms with Crippen molar-refractivity contribution >= 4 is 29.4 Å². The molecule has 0 atom stereocenters. The van der Waals surface area contributed by atoms with Gasteiger partial charge < -0.3 is 10.6 Å². The Bertz CT molecular complexity index is 897. The predicted molar refractivity (Wildman–Crippen MR) is 95.8 cm³/mol. The van der Waals surface area contributed by atoms with E-state index in [-0.39, 0.29) is 23.9 Å². The van der Waals surface area contributed by atoms with Crippen LogP contribution in [0.1, 0.15) is 18.4 Å². The topological polar surface area (TPSA) is 117 Å². The standard InChI is InChI=1S/C17H17ClN6O2/c1-23(13-7-10(8-13)16(20)25)17(26)21-15-4-5-24(22-15)14-3-2-12(18)6-11(14)9-19/h2-6,10,13H,7-8H2,1H3,(H2,20,25)(H,21,22,26). The Kier molecular flexibility index (Phi) is 4.82. The van der Waals surface area contributed by atoms with Gasteiger partial charge in [0.1, 0.15) is 6.07 Å².